The highest BCUT2D eigenvalue weighted by atomic mass is 35.5. The number of rotatable bonds is 6. The molecule has 1 rings (SSSR count). The molecule has 0 aliphatic heterocycles. The summed E-state index contributed by atoms with van der Waals surface area (Å²) in [4.78, 5) is 0. The Kier molecular flexibility index (Phi) is 5.57. The number of halogens is 2. The Morgan fingerprint density at radius 1 is 1.44 bits per heavy atom. The Hall–Kier alpha value is -0.640. The zero-order chi connectivity index (χ0) is 13.8. The molecule has 1 atom stereocenters. The van der Waals surface area contributed by atoms with Gasteiger partial charge in [-0.1, -0.05) is 23.7 Å². The van der Waals surface area contributed by atoms with Crippen molar-refractivity contribution in [2.75, 3.05) is 14.2 Å². The van der Waals surface area contributed by atoms with Crippen molar-refractivity contribution in [3.05, 3.63) is 34.6 Å². The molecule has 0 bridgehead atoms. The van der Waals surface area contributed by atoms with Gasteiger partial charge in [0.1, 0.15) is 5.82 Å². The van der Waals surface area contributed by atoms with E-state index in [2.05, 4.69) is 5.32 Å². The van der Waals surface area contributed by atoms with Crippen molar-refractivity contribution >= 4 is 11.6 Å². The van der Waals surface area contributed by atoms with Crippen molar-refractivity contribution in [1.82, 2.24) is 5.32 Å². The summed E-state index contributed by atoms with van der Waals surface area (Å²) in [6, 6.07) is 5.25. The monoisotopic (exact) mass is 273 g/mol. The van der Waals surface area contributed by atoms with Gasteiger partial charge in [0.15, 0.2) is 0 Å². The van der Waals surface area contributed by atoms with Crippen molar-refractivity contribution in [2.24, 2.45) is 0 Å². The minimum absolute atomic E-state index is 0.146. The van der Waals surface area contributed by atoms with Crippen LogP contribution in [0.5, 0.6) is 0 Å². The number of benzene rings is 1. The molecule has 0 aliphatic carbocycles. The van der Waals surface area contributed by atoms with Gasteiger partial charge in [0.05, 0.1) is 10.6 Å². The summed E-state index contributed by atoms with van der Waals surface area (Å²) < 4.78 is 19.2. The van der Waals surface area contributed by atoms with Crippen molar-refractivity contribution < 1.29 is 9.13 Å². The standard InChI is InChI=1S/C14H21ClFNO/c1-14(2,18-4)9-11(17-3)8-10-6-5-7-12(15)13(10)16/h5-7,11,17H,8-9H2,1-4H3. The predicted octanol–water partition coefficient (Wildman–Crippen LogP) is 3.42. The SMILES string of the molecule is CNC(Cc1cccc(Cl)c1F)CC(C)(C)OC. The van der Waals surface area contributed by atoms with Crippen molar-refractivity contribution in [3.8, 4) is 0 Å². The van der Waals surface area contributed by atoms with E-state index < -0.39 is 0 Å². The largest absolute Gasteiger partial charge is 0.379 e. The van der Waals surface area contributed by atoms with Crippen molar-refractivity contribution in [2.45, 2.75) is 38.3 Å². The predicted molar refractivity (Wildman–Crippen MR) is 73.7 cm³/mol. The maximum atomic E-state index is 13.8. The maximum Gasteiger partial charge on any atom is 0.145 e. The van der Waals surface area contributed by atoms with Gasteiger partial charge in [-0.3, -0.25) is 0 Å². The first-order chi connectivity index (χ1) is 8.39. The lowest BCUT2D eigenvalue weighted by Gasteiger charge is -2.28. The maximum absolute atomic E-state index is 13.8. The third-order valence-electron chi connectivity index (χ3n) is 3.20. The number of likely N-dealkylation sites (N-methyl/N-ethyl adjacent to an activating group) is 1. The normalized spacial score (nSPS) is 13.7. The third-order valence-corrected chi connectivity index (χ3v) is 3.49. The van der Waals surface area contributed by atoms with Gasteiger partial charge in [-0.05, 0) is 45.4 Å². The van der Waals surface area contributed by atoms with Crippen LogP contribution in [-0.2, 0) is 11.2 Å². The zero-order valence-corrected chi connectivity index (χ0v) is 12.1. The van der Waals surface area contributed by atoms with Crippen molar-refractivity contribution in [3.63, 3.8) is 0 Å². The van der Waals surface area contributed by atoms with Crippen molar-refractivity contribution in [1.29, 1.82) is 0 Å². The van der Waals surface area contributed by atoms with Crippen LogP contribution in [0.25, 0.3) is 0 Å². The van der Waals surface area contributed by atoms with Crippen LogP contribution >= 0.6 is 11.6 Å². The van der Waals surface area contributed by atoms with Crippen LogP contribution < -0.4 is 5.32 Å². The minimum atomic E-state index is -0.324. The Morgan fingerprint density at radius 2 is 2.11 bits per heavy atom. The molecule has 0 amide bonds. The number of methoxy groups -OCH3 is 1. The van der Waals surface area contributed by atoms with Crippen LogP contribution in [0.1, 0.15) is 25.8 Å². The molecule has 1 unspecified atom stereocenters. The summed E-state index contributed by atoms with van der Waals surface area (Å²) in [5.41, 5.74) is 0.400. The second kappa shape index (κ2) is 6.50. The summed E-state index contributed by atoms with van der Waals surface area (Å²) >= 11 is 5.78. The number of hydrogen-bond acceptors (Lipinski definition) is 2. The molecule has 0 fully saturated rings. The molecule has 0 heterocycles. The number of ether oxygens (including phenoxy) is 1. The first kappa shape index (κ1) is 15.4. The fourth-order valence-electron chi connectivity index (χ4n) is 1.92. The van der Waals surface area contributed by atoms with E-state index in [4.69, 9.17) is 16.3 Å². The molecule has 0 saturated carbocycles. The zero-order valence-electron chi connectivity index (χ0n) is 11.4. The second-order valence-corrected chi connectivity index (χ2v) is 5.48. The molecule has 1 N–H and O–H groups in total. The van der Waals surface area contributed by atoms with Crippen LogP contribution in [0, 0.1) is 5.82 Å². The molecule has 102 valence electrons. The summed E-state index contributed by atoms with van der Waals surface area (Å²) in [6.07, 6.45) is 1.39. The first-order valence-electron chi connectivity index (χ1n) is 6.05. The lowest BCUT2D eigenvalue weighted by atomic mass is 9.94. The molecule has 18 heavy (non-hydrogen) atoms. The fourth-order valence-corrected chi connectivity index (χ4v) is 2.12. The molecular formula is C14H21ClFNO. The van der Waals surface area contributed by atoms with Crippen LogP contribution in [0.15, 0.2) is 18.2 Å². The molecular weight excluding hydrogens is 253 g/mol. The molecule has 1 aromatic carbocycles. The van der Waals surface area contributed by atoms with Gasteiger partial charge in [-0.2, -0.15) is 0 Å². The van der Waals surface area contributed by atoms with E-state index in [0.29, 0.717) is 12.0 Å². The summed E-state index contributed by atoms with van der Waals surface area (Å²) in [5, 5.41) is 3.37. The lowest BCUT2D eigenvalue weighted by Crippen LogP contribution is -2.37. The summed E-state index contributed by atoms with van der Waals surface area (Å²) in [6.45, 7) is 4.04. The smallest absolute Gasteiger partial charge is 0.145 e. The van der Waals surface area contributed by atoms with Gasteiger partial charge in [0.25, 0.3) is 0 Å². The topological polar surface area (TPSA) is 21.3 Å². The lowest BCUT2D eigenvalue weighted by molar-refractivity contribution is 0.00766. The molecule has 0 radical (unpaired) electrons. The first-order valence-corrected chi connectivity index (χ1v) is 6.42. The Balaban J connectivity index is 2.77. The molecule has 1 aromatic rings. The van der Waals surface area contributed by atoms with Gasteiger partial charge in [-0.15, -0.1) is 0 Å². The van der Waals surface area contributed by atoms with Crippen LogP contribution in [-0.4, -0.2) is 25.8 Å². The quantitative estimate of drug-likeness (QED) is 0.857. The highest BCUT2D eigenvalue weighted by molar-refractivity contribution is 6.30. The summed E-state index contributed by atoms with van der Waals surface area (Å²) in [5.74, 6) is -0.324. The van der Waals surface area contributed by atoms with Gasteiger partial charge < -0.3 is 10.1 Å². The minimum Gasteiger partial charge on any atom is -0.379 e. The van der Waals surface area contributed by atoms with E-state index in [9.17, 15) is 4.39 Å². The molecule has 4 heteroatoms. The highest BCUT2D eigenvalue weighted by Crippen LogP contribution is 2.22. The van der Waals surface area contributed by atoms with E-state index in [1.54, 1.807) is 25.3 Å². The molecule has 0 spiro atoms. The molecule has 0 aromatic heterocycles. The van der Waals surface area contributed by atoms with Gasteiger partial charge in [-0.25, -0.2) is 4.39 Å². The molecule has 0 aliphatic rings. The summed E-state index contributed by atoms with van der Waals surface area (Å²) in [7, 11) is 3.56. The highest BCUT2D eigenvalue weighted by Gasteiger charge is 2.23. The fraction of sp³-hybridized carbons (Fsp3) is 0.571. The Labute approximate surface area is 113 Å². The van der Waals surface area contributed by atoms with E-state index in [1.807, 2.05) is 20.9 Å². The van der Waals surface area contributed by atoms with Gasteiger partial charge in [0, 0.05) is 13.2 Å². The van der Waals surface area contributed by atoms with Gasteiger partial charge >= 0.3 is 0 Å². The van der Waals surface area contributed by atoms with Crippen LogP contribution in [0.3, 0.4) is 0 Å². The van der Waals surface area contributed by atoms with E-state index >= 15 is 0 Å². The van der Waals surface area contributed by atoms with E-state index in [-0.39, 0.29) is 22.5 Å². The molecule has 2 nitrogen and oxygen atoms in total. The van der Waals surface area contributed by atoms with E-state index in [0.717, 1.165) is 6.42 Å². The van der Waals surface area contributed by atoms with E-state index in [1.165, 1.54) is 0 Å². The van der Waals surface area contributed by atoms with Crippen LogP contribution in [0.2, 0.25) is 5.02 Å². The van der Waals surface area contributed by atoms with Gasteiger partial charge in [0.2, 0.25) is 0 Å². The Bertz CT molecular complexity index is 395. The third kappa shape index (κ3) is 4.23. The number of nitrogens with one attached hydrogen (secondary N) is 1. The second-order valence-electron chi connectivity index (χ2n) is 5.07. The van der Waals surface area contributed by atoms with Crippen LogP contribution in [0.4, 0.5) is 4.39 Å². The average molecular weight is 274 g/mol. The average Bonchev–Trinajstić information content (AvgIpc) is 2.33. The molecule has 0 saturated heterocycles. The number of hydrogen-bond donors (Lipinski definition) is 1. The Morgan fingerprint density at radius 3 is 2.67 bits per heavy atom.